The highest BCUT2D eigenvalue weighted by molar-refractivity contribution is 5.33. The van der Waals surface area contributed by atoms with Crippen LogP contribution >= 0.6 is 0 Å². The number of aryl methyl sites for hydroxylation is 2. The zero-order valence-electron chi connectivity index (χ0n) is 12.3. The molecule has 102 valence electrons. The van der Waals surface area contributed by atoms with Gasteiger partial charge in [0, 0.05) is 0 Å². The summed E-state index contributed by atoms with van der Waals surface area (Å²) in [6.45, 7) is 10.2. The van der Waals surface area contributed by atoms with E-state index in [2.05, 4.69) is 39.8 Å². The molecule has 2 heteroatoms. The van der Waals surface area contributed by atoms with Crippen molar-refractivity contribution in [3.8, 4) is 5.75 Å². The van der Waals surface area contributed by atoms with Crippen LogP contribution in [0.3, 0.4) is 0 Å². The molecule has 0 saturated carbocycles. The lowest BCUT2D eigenvalue weighted by molar-refractivity contribution is 0.278. The van der Waals surface area contributed by atoms with Gasteiger partial charge in [0.2, 0.25) is 0 Å². The molecule has 2 nitrogen and oxygen atoms in total. The standard InChI is InChI=1S/C16H27NO/c1-13-7-8-15(11-14(13)2)18-10-6-5-9-16(3,4)12-17/h7-8,11H,5-6,9-10,12,17H2,1-4H3. The third-order valence-electron chi connectivity index (χ3n) is 3.55. The molecule has 1 rings (SSSR count). The molecule has 1 aromatic rings. The topological polar surface area (TPSA) is 35.2 Å². The number of rotatable bonds is 7. The molecule has 0 aromatic heterocycles. The van der Waals surface area contributed by atoms with E-state index in [4.69, 9.17) is 10.5 Å². The van der Waals surface area contributed by atoms with Crippen LogP contribution in [0.5, 0.6) is 5.75 Å². The van der Waals surface area contributed by atoms with Crippen LogP contribution in [-0.2, 0) is 0 Å². The van der Waals surface area contributed by atoms with Gasteiger partial charge in [-0.3, -0.25) is 0 Å². The summed E-state index contributed by atoms with van der Waals surface area (Å²) in [5.41, 5.74) is 8.58. The summed E-state index contributed by atoms with van der Waals surface area (Å²) in [6, 6.07) is 6.27. The molecular formula is C16H27NO. The predicted octanol–water partition coefficient (Wildman–Crippen LogP) is 3.84. The Bertz CT molecular complexity index is 371. The molecule has 0 atom stereocenters. The van der Waals surface area contributed by atoms with Gasteiger partial charge in [0.1, 0.15) is 5.75 Å². The molecule has 0 aliphatic heterocycles. The Hall–Kier alpha value is -1.02. The summed E-state index contributed by atoms with van der Waals surface area (Å²) in [6.07, 6.45) is 3.44. The van der Waals surface area contributed by atoms with Gasteiger partial charge in [0.15, 0.2) is 0 Å². The average molecular weight is 249 g/mol. The number of benzene rings is 1. The van der Waals surface area contributed by atoms with E-state index in [1.807, 2.05) is 6.07 Å². The summed E-state index contributed by atoms with van der Waals surface area (Å²) in [7, 11) is 0. The van der Waals surface area contributed by atoms with Crippen LogP contribution in [-0.4, -0.2) is 13.2 Å². The van der Waals surface area contributed by atoms with Crippen molar-refractivity contribution in [3.05, 3.63) is 29.3 Å². The van der Waals surface area contributed by atoms with Gasteiger partial charge in [-0.25, -0.2) is 0 Å². The molecule has 0 saturated heterocycles. The van der Waals surface area contributed by atoms with Gasteiger partial charge in [0.25, 0.3) is 0 Å². The maximum atomic E-state index is 5.76. The first-order valence-corrected chi connectivity index (χ1v) is 6.85. The third-order valence-corrected chi connectivity index (χ3v) is 3.55. The molecule has 0 fully saturated rings. The lowest BCUT2D eigenvalue weighted by Crippen LogP contribution is -2.23. The minimum absolute atomic E-state index is 0.264. The van der Waals surface area contributed by atoms with E-state index < -0.39 is 0 Å². The Kier molecular flexibility index (Phi) is 5.67. The van der Waals surface area contributed by atoms with E-state index >= 15 is 0 Å². The summed E-state index contributed by atoms with van der Waals surface area (Å²) >= 11 is 0. The Labute approximate surface area is 112 Å². The van der Waals surface area contributed by atoms with Crippen molar-refractivity contribution in [1.29, 1.82) is 0 Å². The molecule has 0 aliphatic carbocycles. The fourth-order valence-corrected chi connectivity index (χ4v) is 1.80. The van der Waals surface area contributed by atoms with Crippen molar-refractivity contribution in [3.63, 3.8) is 0 Å². The second kappa shape index (κ2) is 6.79. The molecule has 0 amide bonds. The van der Waals surface area contributed by atoms with Crippen molar-refractivity contribution < 1.29 is 4.74 Å². The Morgan fingerprint density at radius 1 is 1.11 bits per heavy atom. The van der Waals surface area contributed by atoms with E-state index in [1.165, 1.54) is 24.0 Å². The average Bonchev–Trinajstić information content (AvgIpc) is 2.33. The van der Waals surface area contributed by atoms with Crippen molar-refractivity contribution in [2.75, 3.05) is 13.2 Å². The van der Waals surface area contributed by atoms with Crippen LogP contribution in [0.2, 0.25) is 0 Å². The van der Waals surface area contributed by atoms with Crippen molar-refractivity contribution in [1.82, 2.24) is 0 Å². The maximum absolute atomic E-state index is 5.76. The minimum Gasteiger partial charge on any atom is -0.494 e. The van der Waals surface area contributed by atoms with Crippen LogP contribution in [0.15, 0.2) is 18.2 Å². The van der Waals surface area contributed by atoms with Gasteiger partial charge in [-0.1, -0.05) is 19.9 Å². The first kappa shape index (κ1) is 15.0. The van der Waals surface area contributed by atoms with Gasteiger partial charge in [-0.15, -0.1) is 0 Å². The monoisotopic (exact) mass is 249 g/mol. The molecule has 0 unspecified atom stereocenters. The van der Waals surface area contributed by atoms with E-state index in [0.29, 0.717) is 0 Å². The first-order chi connectivity index (χ1) is 8.44. The molecule has 2 N–H and O–H groups in total. The number of hydrogen-bond donors (Lipinski definition) is 1. The number of hydrogen-bond acceptors (Lipinski definition) is 2. The zero-order valence-corrected chi connectivity index (χ0v) is 12.3. The van der Waals surface area contributed by atoms with Crippen molar-refractivity contribution >= 4 is 0 Å². The molecule has 18 heavy (non-hydrogen) atoms. The van der Waals surface area contributed by atoms with Crippen molar-refractivity contribution in [2.45, 2.75) is 47.0 Å². The summed E-state index contributed by atoms with van der Waals surface area (Å²) in [5, 5.41) is 0. The maximum Gasteiger partial charge on any atom is 0.119 e. The minimum atomic E-state index is 0.264. The van der Waals surface area contributed by atoms with E-state index in [9.17, 15) is 0 Å². The zero-order chi connectivity index (χ0) is 13.6. The second-order valence-corrected chi connectivity index (χ2v) is 5.92. The van der Waals surface area contributed by atoms with Crippen LogP contribution in [0.25, 0.3) is 0 Å². The van der Waals surface area contributed by atoms with Crippen LogP contribution in [0.1, 0.15) is 44.2 Å². The normalized spacial score (nSPS) is 11.6. The van der Waals surface area contributed by atoms with Crippen LogP contribution in [0, 0.1) is 19.3 Å². The SMILES string of the molecule is Cc1ccc(OCCCCC(C)(C)CN)cc1C. The third kappa shape index (κ3) is 5.09. The summed E-state index contributed by atoms with van der Waals surface area (Å²) in [4.78, 5) is 0. The molecular weight excluding hydrogens is 222 g/mol. The van der Waals surface area contributed by atoms with E-state index in [-0.39, 0.29) is 5.41 Å². The fraction of sp³-hybridized carbons (Fsp3) is 0.625. The van der Waals surface area contributed by atoms with Gasteiger partial charge in [-0.2, -0.15) is 0 Å². The molecule has 0 spiro atoms. The summed E-state index contributed by atoms with van der Waals surface area (Å²) < 4.78 is 5.76. The molecule has 1 aromatic carbocycles. The predicted molar refractivity (Wildman–Crippen MR) is 78.1 cm³/mol. The lowest BCUT2D eigenvalue weighted by atomic mass is 9.87. The van der Waals surface area contributed by atoms with Gasteiger partial charge < -0.3 is 10.5 Å². The lowest BCUT2D eigenvalue weighted by Gasteiger charge is -2.21. The highest BCUT2D eigenvalue weighted by atomic mass is 16.5. The van der Waals surface area contributed by atoms with E-state index in [1.54, 1.807) is 0 Å². The largest absolute Gasteiger partial charge is 0.494 e. The molecule has 0 aliphatic rings. The Morgan fingerprint density at radius 3 is 2.44 bits per heavy atom. The summed E-state index contributed by atoms with van der Waals surface area (Å²) in [5.74, 6) is 0.983. The second-order valence-electron chi connectivity index (χ2n) is 5.92. The Morgan fingerprint density at radius 2 is 1.83 bits per heavy atom. The molecule has 0 bridgehead atoms. The smallest absolute Gasteiger partial charge is 0.119 e. The van der Waals surface area contributed by atoms with Crippen LogP contribution in [0.4, 0.5) is 0 Å². The van der Waals surface area contributed by atoms with Gasteiger partial charge in [0.05, 0.1) is 6.61 Å². The number of ether oxygens (including phenoxy) is 1. The number of nitrogens with two attached hydrogens (primary N) is 1. The first-order valence-electron chi connectivity index (χ1n) is 6.85. The van der Waals surface area contributed by atoms with Gasteiger partial charge >= 0.3 is 0 Å². The quantitative estimate of drug-likeness (QED) is 0.745. The molecule has 0 heterocycles. The highest BCUT2D eigenvalue weighted by Crippen LogP contribution is 2.21. The van der Waals surface area contributed by atoms with Crippen LogP contribution < -0.4 is 10.5 Å². The fourth-order valence-electron chi connectivity index (χ4n) is 1.80. The molecule has 0 radical (unpaired) electrons. The van der Waals surface area contributed by atoms with Crippen molar-refractivity contribution in [2.24, 2.45) is 11.1 Å². The van der Waals surface area contributed by atoms with Gasteiger partial charge in [-0.05, 0) is 68.3 Å². The number of unbranched alkanes of at least 4 members (excludes halogenated alkanes) is 1. The Balaban J connectivity index is 2.24. The highest BCUT2D eigenvalue weighted by Gasteiger charge is 2.14. The van der Waals surface area contributed by atoms with E-state index in [0.717, 1.165) is 25.3 Å².